The van der Waals surface area contributed by atoms with Crippen molar-refractivity contribution in [3.63, 3.8) is 0 Å². The molecule has 0 radical (unpaired) electrons. The van der Waals surface area contributed by atoms with Crippen LogP contribution in [0.4, 0.5) is 0 Å². The minimum Gasteiger partial charge on any atom is -0.393 e. The lowest BCUT2D eigenvalue weighted by Crippen LogP contribution is -1.98. The first-order valence-corrected chi connectivity index (χ1v) is 5.18. The lowest BCUT2D eigenvalue weighted by Gasteiger charge is -2.02. The molecular weight excluding hydrogens is 144 g/mol. The maximum Gasteiger partial charge on any atom is 0.0512 e. The van der Waals surface area contributed by atoms with Crippen LogP contribution in [0.3, 0.4) is 0 Å². The van der Waals surface area contributed by atoms with Crippen LogP contribution >= 0.6 is 11.8 Å². The fraction of sp³-hybridized carbons (Fsp3) is 1.00. The smallest absolute Gasteiger partial charge is 0.0512 e. The average Bonchev–Trinajstić information content (AvgIpc) is 1.87. The third-order valence-electron chi connectivity index (χ3n) is 1.36. The minimum absolute atomic E-state index is 0.105. The zero-order valence-electron chi connectivity index (χ0n) is 6.97. The molecule has 62 valence electrons. The van der Waals surface area contributed by atoms with Gasteiger partial charge in [-0.3, -0.25) is 0 Å². The predicted octanol–water partition coefficient (Wildman–Crippen LogP) is 2.29. The van der Waals surface area contributed by atoms with E-state index in [2.05, 4.69) is 6.92 Å². The number of rotatable bonds is 6. The summed E-state index contributed by atoms with van der Waals surface area (Å²) in [5.41, 5.74) is 0. The van der Waals surface area contributed by atoms with Gasteiger partial charge in [0.1, 0.15) is 0 Å². The SMILES string of the molecule is CCSCCCCC(C)O. The quantitative estimate of drug-likeness (QED) is 0.605. The molecule has 0 aliphatic rings. The molecule has 0 spiro atoms. The molecule has 0 aliphatic carbocycles. The molecule has 0 aliphatic heterocycles. The number of aliphatic hydroxyl groups excluding tert-OH is 1. The molecule has 1 atom stereocenters. The molecule has 0 amide bonds. The fourth-order valence-corrected chi connectivity index (χ4v) is 1.49. The average molecular weight is 162 g/mol. The van der Waals surface area contributed by atoms with Gasteiger partial charge in [-0.2, -0.15) is 11.8 Å². The largest absolute Gasteiger partial charge is 0.393 e. The van der Waals surface area contributed by atoms with Crippen LogP contribution in [-0.2, 0) is 0 Å². The molecule has 10 heavy (non-hydrogen) atoms. The highest BCUT2D eigenvalue weighted by atomic mass is 32.2. The van der Waals surface area contributed by atoms with Crippen molar-refractivity contribution < 1.29 is 5.11 Å². The molecule has 2 heteroatoms. The molecular formula is C8H18OS. The maximum atomic E-state index is 8.90. The lowest BCUT2D eigenvalue weighted by molar-refractivity contribution is 0.181. The van der Waals surface area contributed by atoms with E-state index in [1.807, 2.05) is 18.7 Å². The lowest BCUT2D eigenvalue weighted by atomic mass is 10.2. The van der Waals surface area contributed by atoms with Crippen LogP contribution in [0.15, 0.2) is 0 Å². The molecule has 0 rings (SSSR count). The highest BCUT2D eigenvalue weighted by Gasteiger charge is 1.94. The zero-order valence-corrected chi connectivity index (χ0v) is 7.78. The molecule has 0 aromatic rings. The van der Waals surface area contributed by atoms with Gasteiger partial charge in [0.2, 0.25) is 0 Å². The summed E-state index contributed by atoms with van der Waals surface area (Å²) >= 11 is 1.98. The molecule has 1 N–H and O–H groups in total. The molecule has 0 aromatic carbocycles. The highest BCUT2D eigenvalue weighted by Crippen LogP contribution is 2.06. The van der Waals surface area contributed by atoms with Gasteiger partial charge in [0.15, 0.2) is 0 Å². The van der Waals surface area contributed by atoms with Crippen LogP contribution in [0.1, 0.15) is 33.1 Å². The van der Waals surface area contributed by atoms with Gasteiger partial charge in [-0.25, -0.2) is 0 Å². The molecule has 0 aromatic heterocycles. The van der Waals surface area contributed by atoms with Crippen LogP contribution in [0, 0.1) is 0 Å². The first kappa shape index (κ1) is 10.3. The Morgan fingerprint density at radius 2 is 2.10 bits per heavy atom. The van der Waals surface area contributed by atoms with Crippen molar-refractivity contribution in [2.24, 2.45) is 0 Å². The number of unbranched alkanes of at least 4 members (excludes halogenated alkanes) is 1. The number of aliphatic hydroxyl groups is 1. The Labute approximate surface area is 68.2 Å². The van der Waals surface area contributed by atoms with E-state index in [0.29, 0.717) is 0 Å². The zero-order chi connectivity index (χ0) is 7.82. The number of thioether (sulfide) groups is 1. The number of hydrogen-bond donors (Lipinski definition) is 1. The van der Waals surface area contributed by atoms with Gasteiger partial charge in [0.05, 0.1) is 6.10 Å². The summed E-state index contributed by atoms with van der Waals surface area (Å²) in [6, 6.07) is 0. The second-order valence-electron chi connectivity index (χ2n) is 2.54. The monoisotopic (exact) mass is 162 g/mol. The van der Waals surface area contributed by atoms with Gasteiger partial charge in [-0.05, 0) is 31.3 Å². The van der Waals surface area contributed by atoms with E-state index in [1.54, 1.807) is 0 Å². The van der Waals surface area contributed by atoms with Gasteiger partial charge >= 0.3 is 0 Å². The Morgan fingerprint density at radius 3 is 2.60 bits per heavy atom. The van der Waals surface area contributed by atoms with Crippen molar-refractivity contribution in [2.45, 2.75) is 39.2 Å². The highest BCUT2D eigenvalue weighted by molar-refractivity contribution is 7.99. The van der Waals surface area contributed by atoms with Gasteiger partial charge in [-0.15, -0.1) is 0 Å². The predicted molar refractivity (Wildman–Crippen MR) is 48.5 cm³/mol. The first-order valence-electron chi connectivity index (χ1n) is 4.03. The van der Waals surface area contributed by atoms with Crippen molar-refractivity contribution in [3.8, 4) is 0 Å². The number of hydrogen-bond acceptors (Lipinski definition) is 2. The molecule has 0 bridgehead atoms. The summed E-state index contributed by atoms with van der Waals surface area (Å²) in [6.45, 7) is 4.03. The summed E-state index contributed by atoms with van der Waals surface area (Å²) in [7, 11) is 0. The molecule has 0 saturated carbocycles. The van der Waals surface area contributed by atoms with Crippen LogP contribution in [0.25, 0.3) is 0 Å². The molecule has 0 fully saturated rings. The fourth-order valence-electron chi connectivity index (χ4n) is 0.788. The molecule has 0 saturated heterocycles. The van der Waals surface area contributed by atoms with E-state index in [4.69, 9.17) is 5.11 Å². The van der Waals surface area contributed by atoms with E-state index in [-0.39, 0.29) is 6.10 Å². The Kier molecular flexibility index (Phi) is 7.65. The van der Waals surface area contributed by atoms with E-state index in [9.17, 15) is 0 Å². The molecule has 0 heterocycles. The topological polar surface area (TPSA) is 20.2 Å². The molecule has 1 unspecified atom stereocenters. The van der Waals surface area contributed by atoms with Crippen LogP contribution < -0.4 is 0 Å². The van der Waals surface area contributed by atoms with Crippen molar-refractivity contribution in [2.75, 3.05) is 11.5 Å². The third kappa shape index (κ3) is 8.31. The van der Waals surface area contributed by atoms with Crippen molar-refractivity contribution in [1.29, 1.82) is 0 Å². The summed E-state index contributed by atoms with van der Waals surface area (Å²) in [5, 5.41) is 8.90. The van der Waals surface area contributed by atoms with Crippen molar-refractivity contribution in [1.82, 2.24) is 0 Å². The van der Waals surface area contributed by atoms with Crippen molar-refractivity contribution in [3.05, 3.63) is 0 Å². The van der Waals surface area contributed by atoms with Crippen LogP contribution in [0.5, 0.6) is 0 Å². The Balaban J connectivity index is 2.77. The Morgan fingerprint density at radius 1 is 1.40 bits per heavy atom. The second-order valence-corrected chi connectivity index (χ2v) is 3.94. The van der Waals surface area contributed by atoms with Gasteiger partial charge in [0, 0.05) is 0 Å². The minimum atomic E-state index is -0.105. The molecule has 1 nitrogen and oxygen atoms in total. The van der Waals surface area contributed by atoms with E-state index in [0.717, 1.165) is 6.42 Å². The summed E-state index contributed by atoms with van der Waals surface area (Å²) in [4.78, 5) is 0. The third-order valence-corrected chi connectivity index (χ3v) is 2.35. The summed E-state index contributed by atoms with van der Waals surface area (Å²) < 4.78 is 0. The van der Waals surface area contributed by atoms with E-state index < -0.39 is 0 Å². The van der Waals surface area contributed by atoms with E-state index in [1.165, 1.54) is 24.3 Å². The standard InChI is InChI=1S/C8H18OS/c1-3-10-7-5-4-6-8(2)9/h8-9H,3-7H2,1-2H3. The van der Waals surface area contributed by atoms with Crippen LogP contribution in [0.2, 0.25) is 0 Å². The van der Waals surface area contributed by atoms with Crippen molar-refractivity contribution >= 4 is 11.8 Å². The maximum absolute atomic E-state index is 8.90. The summed E-state index contributed by atoms with van der Waals surface area (Å²) in [6.07, 6.45) is 3.28. The Hall–Kier alpha value is 0.310. The van der Waals surface area contributed by atoms with Gasteiger partial charge < -0.3 is 5.11 Å². The normalized spacial score (nSPS) is 13.5. The van der Waals surface area contributed by atoms with Crippen LogP contribution in [-0.4, -0.2) is 22.7 Å². The Bertz CT molecular complexity index is 64.3. The first-order chi connectivity index (χ1) is 4.77. The second kappa shape index (κ2) is 7.42. The van der Waals surface area contributed by atoms with E-state index >= 15 is 0 Å². The van der Waals surface area contributed by atoms with Gasteiger partial charge in [0.25, 0.3) is 0 Å². The summed E-state index contributed by atoms with van der Waals surface area (Å²) in [5.74, 6) is 2.47. The van der Waals surface area contributed by atoms with Gasteiger partial charge in [-0.1, -0.05) is 13.3 Å².